The molecule has 1 aromatic rings. The summed E-state index contributed by atoms with van der Waals surface area (Å²) in [5, 5.41) is 3.55. The lowest BCUT2D eigenvalue weighted by Gasteiger charge is -2.25. The van der Waals surface area contributed by atoms with Crippen LogP contribution in [0.1, 0.15) is 44.2 Å². The van der Waals surface area contributed by atoms with E-state index < -0.39 is 0 Å². The molecule has 0 aliphatic carbocycles. The Morgan fingerprint density at radius 2 is 2.19 bits per heavy atom. The molecule has 88 valence electrons. The Kier molecular flexibility index (Phi) is 3.87. The number of aryl methyl sites for hydroxylation is 1. The number of hydrogen-bond donors (Lipinski definition) is 1. The number of fused-ring (bicyclic) bond motifs is 1. The Morgan fingerprint density at radius 1 is 1.31 bits per heavy atom. The Balaban J connectivity index is 2.11. The molecule has 1 heterocycles. The van der Waals surface area contributed by atoms with E-state index >= 15 is 0 Å². The average Bonchev–Trinajstić information content (AvgIpc) is 2.35. The lowest BCUT2D eigenvalue weighted by molar-refractivity contribution is 0.520. The third kappa shape index (κ3) is 2.58. The second-order valence-electron chi connectivity index (χ2n) is 4.95. The van der Waals surface area contributed by atoms with E-state index in [2.05, 4.69) is 37.4 Å². The van der Waals surface area contributed by atoms with Crippen molar-refractivity contribution in [3.05, 3.63) is 29.3 Å². The summed E-state index contributed by atoms with van der Waals surface area (Å²) in [6, 6.07) is 6.97. The van der Waals surface area contributed by atoms with Crippen LogP contribution in [0.4, 0.5) is 5.69 Å². The quantitative estimate of drug-likeness (QED) is 0.803. The van der Waals surface area contributed by atoms with E-state index in [-0.39, 0.29) is 0 Å². The van der Waals surface area contributed by atoms with Gasteiger partial charge >= 0.3 is 0 Å². The van der Waals surface area contributed by atoms with Crippen LogP contribution in [0.15, 0.2) is 18.2 Å². The van der Waals surface area contributed by atoms with Crippen molar-refractivity contribution in [2.75, 3.05) is 11.9 Å². The van der Waals surface area contributed by atoms with Gasteiger partial charge in [-0.1, -0.05) is 38.8 Å². The van der Waals surface area contributed by atoms with Crippen molar-refractivity contribution in [3.63, 3.8) is 0 Å². The van der Waals surface area contributed by atoms with Crippen LogP contribution in [0.2, 0.25) is 0 Å². The minimum absolute atomic E-state index is 0.828. The van der Waals surface area contributed by atoms with Gasteiger partial charge in [0.1, 0.15) is 0 Å². The zero-order valence-electron chi connectivity index (χ0n) is 10.6. The Morgan fingerprint density at radius 3 is 2.94 bits per heavy atom. The molecule has 1 nitrogen and oxygen atoms in total. The molecule has 2 rings (SSSR count). The standard InChI is InChI=1S/C15H23N/c1-3-5-6-13-7-8-15-14(10-13)9-12(4-2)11-16-15/h7-8,10,12,16H,3-6,9,11H2,1-2H3. The second-order valence-corrected chi connectivity index (χ2v) is 4.95. The summed E-state index contributed by atoms with van der Waals surface area (Å²) in [6.07, 6.45) is 6.38. The first-order valence-electron chi connectivity index (χ1n) is 6.69. The molecule has 1 aromatic carbocycles. The summed E-state index contributed by atoms with van der Waals surface area (Å²) in [5.74, 6) is 0.828. The molecule has 0 aromatic heterocycles. The first-order valence-corrected chi connectivity index (χ1v) is 6.69. The summed E-state index contributed by atoms with van der Waals surface area (Å²) in [6.45, 7) is 5.70. The van der Waals surface area contributed by atoms with Gasteiger partial charge in [0.05, 0.1) is 0 Å². The molecule has 16 heavy (non-hydrogen) atoms. The number of nitrogens with one attached hydrogen (secondary N) is 1. The fourth-order valence-electron chi connectivity index (χ4n) is 2.45. The molecule has 1 unspecified atom stereocenters. The molecule has 0 radical (unpaired) electrons. The van der Waals surface area contributed by atoms with Gasteiger partial charge in [0, 0.05) is 12.2 Å². The van der Waals surface area contributed by atoms with E-state index in [1.54, 1.807) is 0 Å². The van der Waals surface area contributed by atoms with Crippen LogP contribution >= 0.6 is 0 Å². The van der Waals surface area contributed by atoms with E-state index in [1.807, 2.05) is 0 Å². The molecule has 1 atom stereocenters. The van der Waals surface area contributed by atoms with Crippen LogP contribution in [-0.2, 0) is 12.8 Å². The first-order chi connectivity index (χ1) is 7.83. The van der Waals surface area contributed by atoms with Gasteiger partial charge in [-0.25, -0.2) is 0 Å². The van der Waals surface area contributed by atoms with Crippen LogP contribution in [0, 0.1) is 5.92 Å². The fourth-order valence-corrected chi connectivity index (χ4v) is 2.45. The number of hydrogen-bond acceptors (Lipinski definition) is 1. The van der Waals surface area contributed by atoms with Crippen molar-refractivity contribution in [2.45, 2.75) is 46.0 Å². The summed E-state index contributed by atoms with van der Waals surface area (Å²) in [5.41, 5.74) is 4.41. The van der Waals surface area contributed by atoms with Crippen molar-refractivity contribution >= 4 is 5.69 Å². The third-order valence-corrected chi connectivity index (χ3v) is 3.66. The third-order valence-electron chi connectivity index (χ3n) is 3.66. The largest absolute Gasteiger partial charge is 0.385 e. The van der Waals surface area contributed by atoms with Crippen molar-refractivity contribution in [1.29, 1.82) is 0 Å². The van der Waals surface area contributed by atoms with E-state index in [1.165, 1.54) is 48.9 Å². The number of rotatable bonds is 4. The predicted molar refractivity (Wildman–Crippen MR) is 71.0 cm³/mol. The number of unbranched alkanes of at least 4 members (excludes halogenated alkanes) is 1. The maximum Gasteiger partial charge on any atom is 0.0373 e. The van der Waals surface area contributed by atoms with Crippen LogP contribution in [0.25, 0.3) is 0 Å². The lowest BCUT2D eigenvalue weighted by Crippen LogP contribution is -2.22. The van der Waals surface area contributed by atoms with Gasteiger partial charge in [-0.3, -0.25) is 0 Å². The van der Waals surface area contributed by atoms with E-state index in [4.69, 9.17) is 0 Å². The van der Waals surface area contributed by atoms with Gasteiger partial charge in [-0.15, -0.1) is 0 Å². The highest BCUT2D eigenvalue weighted by Gasteiger charge is 2.16. The lowest BCUT2D eigenvalue weighted by atomic mass is 9.90. The van der Waals surface area contributed by atoms with Crippen molar-refractivity contribution in [2.24, 2.45) is 5.92 Å². The van der Waals surface area contributed by atoms with Crippen molar-refractivity contribution in [1.82, 2.24) is 0 Å². The minimum atomic E-state index is 0.828. The maximum atomic E-state index is 3.55. The topological polar surface area (TPSA) is 12.0 Å². The van der Waals surface area contributed by atoms with Gasteiger partial charge in [0.2, 0.25) is 0 Å². The van der Waals surface area contributed by atoms with E-state index in [0.29, 0.717) is 0 Å². The highest BCUT2D eigenvalue weighted by atomic mass is 14.9. The van der Waals surface area contributed by atoms with Gasteiger partial charge in [0.15, 0.2) is 0 Å². The van der Waals surface area contributed by atoms with Crippen LogP contribution in [0.5, 0.6) is 0 Å². The molecule has 0 fully saturated rings. The summed E-state index contributed by atoms with van der Waals surface area (Å²) < 4.78 is 0. The van der Waals surface area contributed by atoms with Gasteiger partial charge in [0.25, 0.3) is 0 Å². The Hall–Kier alpha value is -0.980. The zero-order valence-corrected chi connectivity index (χ0v) is 10.6. The first kappa shape index (κ1) is 11.5. The molecular formula is C15H23N. The molecule has 1 N–H and O–H groups in total. The van der Waals surface area contributed by atoms with E-state index in [0.717, 1.165) is 12.5 Å². The molecule has 0 spiro atoms. The van der Waals surface area contributed by atoms with Crippen LogP contribution in [-0.4, -0.2) is 6.54 Å². The van der Waals surface area contributed by atoms with E-state index in [9.17, 15) is 0 Å². The molecule has 0 saturated heterocycles. The van der Waals surface area contributed by atoms with Gasteiger partial charge < -0.3 is 5.32 Å². The average molecular weight is 217 g/mol. The molecule has 0 amide bonds. The minimum Gasteiger partial charge on any atom is -0.385 e. The summed E-state index contributed by atoms with van der Waals surface area (Å²) in [4.78, 5) is 0. The molecule has 1 aliphatic heterocycles. The summed E-state index contributed by atoms with van der Waals surface area (Å²) in [7, 11) is 0. The van der Waals surface area contributed by atoms with Crippen molar-refractivity contribution in [3.8, 4) is 0 Å². The highest BCUT2D eigenvalue weighted by Crippen LogP contribution is 2.27. The molecule has 0 saturated carbocycles. The highest BCUT2D eigenvalue weighted by molar-refractivity contribution is 5.54. The molecule has 1 heteroatoms. The smallest absolute Gasteiger partial charge is 0.0373 e. The maximum absolute atomic E-state index is 3.55. The van der Waals surface area contributed by atoms with Crippen LogP contribution in [0.3, 0.4) is 0 Å². The zero-order chi connectivity index (χ0) is 11.4. The fraction of sp³-hybridized carbons (Fsp3) is 0.600. The second kappa shape index (κ2) is 5.38. The number of benzene rings is 1. The van der Waals surface area contributed by atoms with Gasteiger partial charge in [-0.2, -0.15) is 0 Å². The Labute approximate surface area is 99.3 Å². The monoisotopic (exact) mass is 217 g/mol. The SMILES string of the molecule is CCCCc1ccc2c(c1)CC(CC)CN2. The van der Waals surface area contributed by atoms with Crippen molar-refractivity contribution < 1.29 is 0 Å². The predicted octanol–water partition coefficient (Wildman–Crippen LogP) is 4.02. The number of anilines is 1. The van der Waals surface area contributed by atoms with Gasteiger partial charge in [-0.05, 0) is 42.4 Å². The Bertz CT molecular complexity index is 343. The molecule has 0 bridgehead atoms. The summed E-state index contributed by atoms with van der Waals surface area (Å²) >= 11 is 0. The molecular weight excluding hydrogens is 194 g/mol. The van der Waals surface area contributed by atoms with Crippen LogP contribution < -0.4 is 5.32 Å². The molecule has 1 aliphatic rings. The normalized spacial score (nSPS) is 19.0.